The highest BCUT2D eigenvalue weighted by molar-refractivity contribution is 5.06. The van der Waals surface area contributed by atoms with Crippen LogP contribution in [0.2, 0.25) is 0 Å². The van der Waals surface area contributed by atoms with Gasteiger partial charge in [-0.2, -0.15) is 0 Å². The summed E-state index contributed by atoms with van der Waals surface area (Å²) in [7, 11) is 0. The highest BCUT2D eigenvalue weighted by atomic mass is 16.3. The fraction of sp³-hybridized carbons (Fsp3) is 0.571. The molecule has 1 saturated carbocycles. The molecule has 6 heteroatoms. The predicted octanol–water partition coefficient (Wildman–Crippen LogP) is -0.744. The molecule has 1 aliphatic carbocycles. The second kappa shape index (κ2) is 5.65. The Morgan fingerprint density at radius 2 is 2.15 bits per heavy atom. The zero-order valence-corrected chi connectivity index (χ0v) is 11.3. The predicted molar refractivity (Wildman–Crippen MR) is 73.4 cm³/mol. The maximum Gasteiger partial charge on any atom is 0.332 e. The zero-order chi connectivity index (χ0) is 14.9. The van der Waals surface area contributed by atoms with Crippen LogP contribution in [-0.2, 0) is 6.54 Å². The summed E-state index contributed by atoms with van der Waals surface area (Å²) >= 11 is 0. The largest absolute Gasteiger partial charge is 0.396 e. The molecule has 0 amide bonds. The monoisotopic (exact) mass is 278 g/mol. The third-order valence-corrected chi connectivity index (χ3v) is 3.88. The smallest absolute Gasteiger partial charge is 0.332 e. The Kier molecular flexibility index (Phi) is 4.12. The van der Waals surface area contributed by atoms with Gasteiger partial charge in [0.1, 0.15) is 0 Å². The number of hydrogen-bond acceptors (Lipinski definition) is 4. The second-order valence-corrected chi connectivity index (χ2v) is 5.23. The highest BCUT2D eigenvalue weighted by Crippen LogP contribution is 2.33. The lowest BCUT2D eigenvalue weighted by molar-refractivity contribution is 0.0906. The highest BCUT2D eigenvalue weighted by Gasteiger charge is 2.34. The van der Waals surface area contributed by atoms with Gasteiger partial charge >= 0.3 is 5.69 Å². The lowest BCUT2D eigenvalue weighted by atomic mass is 10.1. The minimum Gasteiger partial charge on any atom is -0.396 e. The zero-order valence-electron chi connectivity index (χ0n) is 11.3. The number of aliphatic hydroxyl groups is 2. The van der Waals surface area contributed by atoms with Crippen LogP contribution in [0.25, 0.3) is 0 Å². The van der Waals surface area contributed by atoms with Crippen molar-refractivity contribution in [1.29, 1.82) is 0 Å². The standard InChI is InChI=1S/C14H18N2O4/c1-3-4-15-13(19)9(2)7-16(14(15)20)11-5-10(8-17)12(18)6-11/h1,7,10-12,17-18H,4-6,8H2,2H3/t10-,11?,12?/m1/s1. The van der Waals surface area contributed by atoms with E-state index in [-0.39, 0.29) is 30.7 Å². The van der Waals surface area contributed by atoms with Crippen LogP contribution in [0.5, 0.6) is 0 Å². The Morgan fingerprint density at radius 1 is 1.45 bits per heavy atom. The molecule has 0 aliphatic heterocycles. The molecule has 2 N–H and O–H groups in total. The summed E-state index contributed by atoms with van der Waals surface area (Å²) in [6, 6.07) is -0.224. The van der Waals surface area contributed by atoms with Crippen molar-refractivity contribution in [2.24, 2.45) is 5.92 Å². The number of hydrogen-bond donors (Lipinski definition) is 2. The molecule has 1 aliphatic rings. The van der Waals surface area contributed by atoms with Crippen LogP contribution in [0.4, 0.5) is 0 Å². The number of aromatic nitrogens is 2. The van der Waals surface area contributed by atoms with E-state index in [2.05, 4.69) is 5.92 Å². The molecule has 1 fully saturated rings. The molecule has 0 saturated heterocycles. The van der Waals surface area contributed by atoms with Crippen molar-refractivity contribution in [3.63, 3.8) is 0 Å². The van der Waals surface area contributed by atoms with Gasteiger partial charge in [-0.05, 0) is 19.8 Å². The fourth-order valence-corrected chi connectivity index (χ4v) is 2.75. The Hall–Kier alpha value is -1.84. The van der Waals surface area contributed by atoms with Crippen LogP contribution in [0.15, 0.2) is 15.8 Å². The molecule has 2 unspecified atom stereocenters. The third-order valence-electron chi connectivity index (χ3n) is 3.88. The average Bonchev–Trinajstić information content (AvgIpc) is 2.80. The summed E-state index contributed by atoms with van der Waals surface area (Å²) in [5, 5.41) is 19.0. The van der Waals surface area contributed by atoms with Crippen molar-refractivity contribution < 1.29 is 10.2 Å². The molecule has 1 aromatic rings. The molecule has 0 aromatic carbocycles. The summed E-state index contributed by atoms with van der Waals surface area (Å²) < 4.78 is 2.47. The first-order valence-electron chi connectivity index (χ1n) is 6.54. The normalized spacial score (nSPS) is 25.6. The molecule has 1 aromatic heterocycles. The molecule has 2 rings (SSSR count). The summed E-state index contributed by atoms with van der Waals surface area (Å²) in [4.78, 5) is 24.2. The fourth-order valence-electron chi connectivity index (χ4n) is 2.75. The first-order chi connectivity index (χ1) is 9.49. The Balaban J connectivity index is 2.47. The molecule has 3 atom stereocenters. The van der Waals surface area contributed by atoms with E-state index in [1.165, 1.54) is 10.8 Å². The van der Waals surface area contributed by atoms with Crippen LogP contribution in [0.1, 0.15) is 24.4 Å². The number of terminal acetylenes is 1. The van der Waals surface area contributed by atoms with E-state index in [1.54, 1.807) is 6.92 Å². The summed E-state index contributed by atoms with van der Waals surface area (Å²) in [5.74, 6) is 2.06. The molecule has 20 heavy (non-hydrogen) atoms. The van der Waals surface area contributed by atoms with Gasteiger partial charge in [-0.15, -0.1) is 6.42 Å². The molecule has 1 heterocycles. The van der Waals surface area contributed by atoms with Gasteiger partial charge in [0.25, 0.3) is 5.56 Å². The lowest BCUT2D eigenvalue weighted by Gasteiger charge is -2.16. The van der Waals surface area contributed by atoms with E-state index in [9.17, 15) is 19.8 Å². The van der Waals surface area contributed by atoms with Crippen molar-refractivity contribution in [2.75, 3.05) is 6.61 Å². The number of nitrogens with zero attached hydrogens (tertiary/aromatic N) is 2. The maximum absolute atomic E-state index is 12.3. The van der Waals surface area contributed by atoms with Crippen LogP contribution in [0.3, 0.4) is 0 Å². The van der Waals surface area contributed by atoms with E-state index in [1.807, 2.05) is 0 Å². The van der Waals surface area contributed by atoms with Crippen molar-refractivity contribution in [1.82, 2.24) is 9.13 Å². The van der Waals surface area contributed by atoms with E-state index < -0.39 is 11.8 Å². The average molecular weight is 278 g/mol. The van der Waals surface area contributed by atoms with Gasteiger partial charge in [0.2, 0.25) is 0 Å². The maximum atomic E-state index is 12.3. The number of aliphatic hydroxyl groups excluding tert-OH is 2. The van der Waals surface area contributed by atoms with Gasteiger partial charge in [-0.1, -0.05) is 5.92 Å². The first-order valence-corrected chi connectivity index (χ1v) is 6.54. The van der Waals surface area contributed by atoms with E-state index in [0.717, 1.165) is 4.57 Å². The lowest BCUT2D eigenvalue weighted by Crippen LogP contribution is -2.41. The van der Waals surface area contributed by atoms with Crippen molar-refractivity contribution in [3.8, 4) is 12.3 Å². The van der Waals surface area contributed by atoms with Crippen molar-refractivity contribution >= 4 is 0 Å². The van der Waals surface area contributed by atoms with Crippen LogP contribution in [0, 0.1) is 25.2 Å². The molecule has 0 spiro atoms. The molecule has 6 nitrogen and oxygen atoms in total. The Labute approximate surface area is 116 Å². The van der Waals surface area contributed by atoms with Gasteiger partial charge in [0, 0.05) is 30.3 Å². The summed E-state index contributed by atoms with van der Waals surface area (Å²) in [6.45, 7) is 1.44. The van der Waals surface area contributed by atoms with Crippen molar-refractivity contribution in [2.45, 2.75) is 38.5 Å². The third kappa shape index (κ3) is 2.42. The second-order valence-electron chi connectivity index (χ2n) is 5.23. The van der Waals surface area contributed by atoms with Gasteiger partial charge in [-0.3, -0.25) is 9.36 Å². The minimum absolute atomic E-state index is 0.0714. The minimum atomic E-state index is -0.634. The topological polar surface area (TPSA) is 84.5 Å². The molecule has 0 bridgehead atoms. The van der Waals surface area contributed by atoms with Crippen LogP contribution in [-0.4, -0.2) is 32.1 Å². The molecule has 0 radical (unpaired) electrons. The Bertz CT molecular complexity index is 653. The van der Waals surface area contributed by atoms with Gasteiger partial charge in [-0.25, -0.2) is 9.36 Å². The van der Waals surface area contributed by atoms with Gasteiger partial charge in [0.15, 0.2) is 0 Å². The first kappa shape index (κ1) is 14.6. The van der Waals surface area contributed by atoms with Crippen LogP contribution >= 0.6 is 0 Å². The summed E-state index contributed by atoms with van der Waals surface area (Å²) in [6.07, 6.45) is 6.95. The SMILES string of the molecule is C#CCn1c(=O)c(C)cn(C2CC(O)[C@@H](CO)C2)c1=O. The van der Waals surface area contributed by atoms with Gasteiger partial charge < -0.3 is 10.2 Å². The van der Waals surface area contributed by atoms with E-state index >= 15 is 0 Å². The molecule has 108 valence electrons. The van der Waals surface area contributed by atoms with Gasteiger partial charge in [0.05, 0.1) is 12.6 Å². The number of aryl methyl sites for hydroxylation is 1. The molecular weight excluding hydrogens is 260 g/mol. The van der Waals surface area contributed by atoms with Crippen molar-refractivity contribution in [3.05, 3.63) is 32.6 Å². The molecular formula is C14H18N2O4. The Morgan fingerprint density at radius 3 is 2.70 bits per heavy atom. The van der Waals surface area contributed by atoms with Crippen LogP contribution < -0.4 is 11.2 Å². The van der Waals surface area contributed by atoms with E-state index in [4.69, 9.17) is 6.42 Å². The summed E-state index contributed by atoms with van der Waals surface area (Å²) in [5.41, 5.74) is -0.419. The number of rotatable bonds is 3. The quantitative estimate of drug-likeness (QED) is 0.713. The van der Waals surface area contributed by atoms with E-state index in [0.29, 0.717) is 18.4 Å².